The summed E-state index contributed by atoms with van der Waals surface area (Å²) in [7, 11) is 0. The monoisotopic (exact) mass is 377 g/mol. The van der Waals surface area contributed by atoms with E-state index in [1.165, 1.54) is 94.0 Å². The van der Waals surface area contributed by atoms with Gasteiger partial charge >= 0.3 is 101 Å². The van der Waals surface area contributed by atoms with Gasteiger partial charge in [0.1, 0.15) is 0 Å². The van der Waals surface area contributed by atoms with E-state index in [1.807, 2.05) is 0 Å². The van der Waals surface area contributed by atoms with Gasteiger partial charge in [-0.05, 0) is 0 Å². The fourth-order valence-electron chi connectivity index (χ4n) is 1.61. The van der Waals surface area contributed by atoms with Crippen LogP contribution in [-0.4, -0.2) is 25.8 Å². The molecule has 0 heterocycles. The summed E-state index contributed by atoms with van der Waals surface area (Å²) in [5.74, 6) is 0. The molecule has 0 aliphatic rings. The molecule has 0 aromatic carbocycles. The topological polar surface area (TPSA) is 0 Å². The second-order valence-electron chi connectivity index (χ2n) is 3.93. The van der Waals surface area contributed by atoms with Gasteiger partial charge in [-0.2, -0.15) is 0 Å². The van der Waals surface area contributed by atoms with Gasteiger partial charge in [-0.15, -0.1) is 0 Å². The van der Waals surface area contributed by atoms with E-state index >= 15 is 0 Å². The molecule has 0 saturated carbocycles. The molecule has 0 bridgehead atoms. The third-order valence-electron chi connectivity index (χ3n) is 2.53. The van der Waals surface area contributed by atoms with Crippen molar-refractivity contribution >= 4 is 25.8 Å². The summed E-state index contributed by atoms with van der Waals surface area (Å²) in [5, 5.41) is 0. The van der Waals surface area contributed by atoms with Gasteiger partial charge in [-0.25, -0.2) is 0 Å². The summed E-state index contributed by atoms with van der Waals surface area (Å²) < 4.78 is 1.51. The van der Waals surface area contributed by atoms with Crippen LogP contribution in [0.25, 0.3) is 0 Å². The predicted molar refractivity (Wildman–Crippen MR) is 62.4 cm³/mol. The Hall–Kier alpha value is 0.922. The molecule has 0 aromatic rings. The molecule has 0 rings (SSSR count). The zero-order valence-electron chi connectivity index (χ0n) is 9.28. The summed E-state index contributed by atoms with van der Waals surface area (Å²) >= 11 is 1.41. The Balaban J connectivity index is 2.76. The van der Waals surface area contributed by atoms with Crippen LogP contribution in [-0.2, 0) is 0 Å². The summed E-state index contributed by atoms with van der Waals surface area (Å²) in [6.45, 7) is 2.29. The van der Waals surface area contributed by atoms with E-state index < -0.39 is 0 Å². The quantitative estimate of drug-likeness (QED) is 0.389. The van der Waals surface area contributed by atoms with Crippen molar-refractivity contribution in [3.8, 4) is 0 Å². The van der Waals surface area contributed by atoms with Crippen LogP contribution in [0.5, 0.6) is 0 Å². The molecular formula is C12H25Pb. The zero-order valence-corrected chi connectivity index (χ0v) is 13.2. The second-order valence-corrected chi connectivity index (χ2v) is 5.88. The van der Waals surface area contributed by atoms with Gasteiger partial charge in [0.05, 0.1) is 0 Å². The molecule has 0 nitrogen and oxygen atoms in total. The number of rotatable bonds is 10. The molecule has 0 aliphatic carbocycles. The number of hydrogen-bond acceptors (Lipinski definition) is 0. The molecule has 0 aliphatic heterocycles. The van der Waals surface area contributed by atoms with E-state index in [1.54, 1.807) is 0 Å². The molecule has 0 atom stereocenters. The average Bonchev–Trinajstić information content (AvgIpc) is 2.16. The van der Waals surface area contributed by atoms with Crippen molar-refractivity contribution in [3.05, 3.63) is 0 Å². The summed E-state index contributed by atoms with van der Waals surface area (Å²) in [4.78, 5) is 0. The molecule has 0 unspecified atom stereocenters. The Bertz CT molecular complexity index is 71.2. The molecule has 0 fully saturated rings. The number of unbranched alkanes of at least 4 members (excludes halogenated alkanes) is 9. The van der Waals surface area contributed by atoms with Gasteiger partial charge in [-0.3, -0.25) is 0 Å². The third-order valence-corrected chi connectivity index (χ3v) is 3.90. The summed E-state index contributed by atoms with van der Waals surface area (Å²) in [5.41, 5.74) is 0. The average molecular weight is 377 g/mol. The summed E-state index contributed by atoms with van der Waals surface area (Å²) in [6, 6.07) is 0. The first kappa shape index (κ1) is 13.9. The van der Waals surface area contributed by atoms with E-state index in [0.29, 0.717) is 0 Å². The first-order valence-electron chi connectivity index (χ1n) is 6.06. The van der Waals surface area contributed by atoms with Crippen LogP contribution in [0, 0.1) is 0 Å². The van der Waals surface area contributed by atoms with Crippen LogP contribution < -0.4 is 0 Å². The minimum absolute atomic E-state index is 1.38. The van der Waals surface area contributed by atoms with Crippen LogP contribution in [0.4, 0.5) is 0 Å². The predicted octanol–water partition coefficient (Wildman–Crippen LogP) is 4.49. The Kier molecular flexibility index (Phi) is 13.8. The van der Waals surface area contributed by atoms with Crippen molar-refractivity contribution in [1.82, 2.24) is 0 Å². The van der Waals surface area contributed by atoms with Gasteiger partial charge in [0.2, 0.25) is 0 Å². The van der Waals surface area contributed by atoms with Gasteiger partial charge in [-0.1, -0.05) is 0 Å². The van der Waals surface area contributed by atoms with Crippen molar-refractivity contribution in [2.75, 3.05) is 0 Å². The van der Waals surface area contributed by atoms with Crippen molar-refractivity contribution in [2.24, 2.45) is 0 Å². The molecule has 0 aromatic heterocycles. The first-order valence-corrected chi connectivity index (χ1v) is 8.81. The van der Waals surface area contributed by atoms with Crippen LogP contribution >= 0.6 is 0 Å². The Morgan fingerprint density at radius 2 is 1.00 bits per heavy atom. The maximum atomic E-state index is 2.29. The van der Waals surface area contributed by atoms with Crippen LogP contribution in [0.2, 0.25) is 3.98 Å². The SMILES string of the molecule is CCCCCCCCCCC[CH2][Pb]. The van der Waals surface area contributed by atoms with Crippen LogP contribution in [0.15, 0.2) is 0 Å². The molecule has 0 spiro atoms. The van der Waals surface area contributed by atoms with Crippen molar-refractivity contribution in [1.29, 1.82) is 0 Å². The number of hydrogen-bond donors (Lipinski definition) is 0. The van der Waals surface area contributed by atoms with Gasteiger partial charge in [0, 0.05) is 0 Å². The Morgan fingerprint density at radius 3 is 1.38 bits per heavy atom. The fourth-order valence-corrected chi connectivity index (χ4v) is 2.58. The van der Waals surface area contributed by atoms with Crippen LogP contribution in [0.1, 0.15) is 71.1 Å². The van der Waals surface area contributed by atoms with E-state index in [-0.39, 0.29) is 0 Å². The molecule has 77 valence electrons. The van der Waals surface area contributed by atoms with Crippen molar-refractivity contribution < 1.29 is 0 Å². The van der Waals surface area contributed by atoms with Gasteiger partial charge in [0.15, 0.2) is 0 Å². The van der Waals surface area contributed by atoms with Crippen LogP contribution in [0.3, 0.4) is 0 Å². The maximum absolute atomic E-state index is 2.29. The molecule has 13 heavy (non-hydrogen) atoms. The fraction of sp³-hybridized carbons (Fsp3) is 1.00. The van der Waals surface area contributed by atoms with E-state index in [9.17, 15) is 0 Å². The molecule has 0 N–H and O–H groups in total. The normalized spacial score (nSPS) is 10.6. The van der Waals surface area contributed by atoms with Gasteiger partial charge < -0.3 is 0 Å². The first-order chi connectivity index (χ1) is 6.41. The van der Waals surface area contributed by atoms with E-state index in [0.717, 1.165) is 0 Å². The molecule has 0 amide bonds. The zero-order chi connectivity index (χ0) is 9.78. The van der Waals surface area contributed by atoms with E-state index in [2.05, 4.69) is 6.92 Å². The molecular weight excluding hydrogens is 351 g/mol. The summed E-state index contributed by atoms with van der Waals surface area (Å²) in [6.07, 6.45) is 14.7. The molecule has 0 saturated heterocycles. The van der Waals surface area contributed by atoms with Crippen molar-refractivity contribution in [2.45, 2.75) is 75.1 Å². The Labute approximate surface area is 101 Å². The standard InChI is InChI=1S/C12H25.Pb/c1-3-5-7-9-11-12-10-8-6-4-2;/h1,3-12H2,2H3;. The van der Waals surface area contributed by atoms with E-state index in [4.69, 9.17) is 0 Å². The van der Waals surface area contributed by atoms with Crippen molar-refractivity contribution in [3.63, 3.8) is 0 Å². The minimum atomic E-state index is 1.38. The Morgan fingerprint density at radius 1 is 0.615 bits per heavy atom. The third kappa shape index (κ3) is 12.9. The molecule has 3 radical (unpaired) electrons. The van der Waals surface area contributed by atoms with Gasteiger partial charge in [0.25, 0.3) is 0 Å². The molecule has 1 heteroatoms. The second kappa shape index (κ2) is 12.9.